The third kappa shape index (κ3) is 2.68. The van der Waals surface area contributed by atoms with E-state index in [1.165, 1.54) is 0 Å². The molecule has 1 aromatic heterocycles. The Hall–Kier alpha value is -2.30. The highest BCUT2D eigenvalue weighted by Gasteiger charge is 2.07. The maximum absolute atomic E-state index is 11.8. The summed E-state index contributed by atoms with van der Waals surface area (Å²) in [5.74, 6) is -0.251. The van der Waals surface area contributed by atoms with Crippen molar-refractivity contribution in [2.75, 3.05) is 13.6 Å². The zero-order chi connectivity index (χ0) is 13.0. The molecule has 0 aliphatic heterocycles. The highest BCUT2D eigenvalue weighted by molar-refractivity contribution is 5.98. The van der Waals surface area contributed by atoms with Gasteiger partial charge in [-0.05, 0) is 24.3 Å². The number of rotatable bonds is 4. The smallest absolute Gasteiger partial charge is 0.251 e. The lowest BCUT2D eigenvalue weighted by Gasteiger charge is -2.04. The van der Waals surface area contributed by atoms with Crippen LogP contribution in [0.2, 0.25) is 0 Å². The summed E-state index contributed by atoms with van der Waals surface area (Å²) in [7, 11) is 1.57. The zero-order valence-corrected chi connectivity index (χ0v) is 10.1. The third-order valence-electron chi connectivity index (χ3n) is 2.73. The first-order valence-corrected chi connectivity index (χ1v) is 5.76. The number of hydrogen-bond donors (Lipinski definition) is 3. The molecule has 0 saturated carbocycles. The Morgan fingerprint density at radius 1 is 1.28 bits per heavy atom. The first-order chi connectivity index (χ1) is 8.70. The van der Waals surface area contributed by atoms with Crippen LogP contribution in [0, 0.1) is 0 Å². The van der Waals surface area contributed by atoms with Crippen molar-refractivity contribution in [3.05, 3.63) is 36.0 Å². The predicted molar refractivity (Wildman–Crippen MR) is 69.3 cm³/mol. The van der Waals surface area contributed by atoms with Gasteiger partial charge in [0.25, 0.3) is 5.91 Å². The largest absolute Gasteiger partial charge is 0.361 e. The number of fused-ring (bicyclic) bond motifs is 1. The molecule has 0 radical (unpaired) electrons. The molecule has 0 saturated heterocycles. The lowest BCUT2D eigenvalue weighted by Crippen LogP contribution is -2.29. The maximum atomic E-state index is 11.8. The van der Waals surface area contributed by atoms with Crippen molar-refractivity contribution >= 4 is 22.7 Å². The molecule has 1 heterocycles. The van der Waals surface area contributed by atoms with Crippen LogP contribution in [0.4, 0.5) is 0 Å². The number of aromatic amines is 1. The van der Waals surface area contributed by atoms with Gasteiger partial charge in [0.15, 0.2) is 0 Å². The minimum atomic E-state index is -0.165. The topological polar surface area (TPSA) is 74.0 Å². The van der Waals surface area contributed by atoms with Gasteiger partial charge in [0.2, 0.25) is 5.91 Å². The van der Waals surface area contributed by atoms with Crippen molar-refractivity contribution in [2.45, 2.75) is 6.42 Å². The highest BCUT2D eigenvalue weighted by atomic mass is 16.2. The molecule has 1 aromatic carbocycles. The van der Waals surface area contributed by atoms with Gasteiger partial charge < -0.3 is 15.6 Å². The van der Waals surface area contributed by atoms with Gasteiger partial charge in [-0.25, -0.2) is 0 Å². The van der Waals surface area contributed by atoms with Gasteiger partial charge in [0.1, 0.15) is 0 Å². The maximum Gasteiger partial charge on any atom is 0.251 e. The minimum Gasteiger partial charge on any atom is -0.361 e. The summed E-state index contributed by atoms with van der Waals surface area (Å²) in [6.45, 7) is 0.337. The van der Waals surface area contributed by atoms with Gasteiger partial charge in [-0.2, -0.15) is 0 Å². The summed E-state index contributed by atoms with van der Waals surface area (Å²) in [5, 5.41) is 6.21. The van der Waals surface area contributed by atoms with E-state index < -0.39 is 0 Å². The molecule has 0 bridgehead atoms. The van der Waals surface area contributed by atoms with Crippen molar-refractivity contribution in [3.63, 3.8) is 0 Å². The van der Waals surface area contributed by atoms with Gasteiger partial charge >= 0.3 is 0 Å². The normalized spacial score (nSPS) is 10.3. The molecule has 0 aliphatic rings. The SMILES string of the molecule is CNC(=O)CCNC(=O)c1ccc2[nH]ccc2c1. The van der Waals surface area contributed by atoms with E-state index in [0.29, 0.717) is 12.1 Å². The summed E-state index contributed by atoms with van der Waals surface area (Å²) in [6.07, 6.45) is 2.12. The third-order valence-corrected chi connectivity index (χ3v) is 2.73. The van der Waals surface area contributed by atoms with Crippen molar-refractivity contribution in [3.8, 4) is 0 Å². The van der Waals surface area contributed by atoms with Gasteiger partial charge in [-0.3, -0.25) is 9.59 Å². The minimum absolute atomic E-state index is 0.0867. The fourth-order valence-corrected chi connectivity index (χ4v) is 1.71. The molecule has 5 heteroatoms. The van der Waals surface area contributed by atoms with E-state index >= 15 is 0 Å². The van der Waals surface area contributed by atoms with Crippen LogP contribution >= 0.6 is 0 Å². The van der Waals surface area contributed by atoms with Gasteiger partial charge in [-0.15, -0.1) is 0 Å². The molecular weight excluding hydrogens is 230 g/mol. The summed E-state index contributed by atoms with van der Waals surface area (Å²) in [4.78, 5) is 25.9. The number of benzene rings is 1. The van der Waals surface area contributed by atoms with E-state index in [9.17, 15) is 9.59 Å². The lowest BCUT2D eigenvalue weighted by molar-refractivity contribution is -0.120. The summed E-state index contributed by atoms with van der Waals surface area (Å²) in [5.41, 5.74) is 1.59. The average Bonchev–Trinajstić information content (AvgIpc) is 2.85. The Morgan fingerprint density at radius 2 is 2.11 bits per heavy atom. The molecule has 18 heavy (non-hydrogen) atoms. The number of hydrogen-bond acceptors (Lipinski definition) is 2. The van der Waals surface area contributed by atoms with Crippen molar-refractivity contribution in [1.29, 1.82) is 0 Å². The number of nitrogens with one attached hydrogen (secondary N) is 3. The van der Waals surface area contributed by atoms with Crippen LogP contribution in [0.3, 0.4) is 0 Å². The molecule has 0 aliphatic carbocycles. The van der Waals surface area contributed by atoms with Crippen LogP contribution < -0.4 is 10.6 Å². The molecule has 0 atom stereocenters. The molecule has 3 N–H and O–H groups in total. The standard InChI is InChI=1S/C13H15N3O2/c1-14-12(17)5-7-16-13(18)10-2-3-11-9(8-10)4-6-15-11/h2-4,6,8,15H,5,7H2,1H3,(H,14,17)(H,16,18). The number of aromatic nitrogens is 1. The fraction of sp³-hybridized carbons (Fsp3) is 0.231. The number of H-pyrrole nitrogens is 1. The van der Waals surface area contributed by atoms with Gasteiger partial charge in [0.05, 0.1) is 0 Å². The lowest BCUT2D eigenvalue weighted by atomic mass is 10.1. The Kier molecular flexibility index (Phi) is 3.62. The van der Waals surface area contributed by atoms with Crippen molar-refractivity contribution in [2.24, 2.45) is 0 Å². The Labute approximate surface area is 105 Å². The quantitative estimate of drug-likeness (QED) is 0.752. The average molecular weight is 245 g/mol. The number of carbonyl (C=O) groups excluding carboxylic acids is 2. The Balaban J connectivity index is 1.97. The fourth-order valence-electron chi connectivity index (χ4n) is 1.71. The van der Waals surface area contributed by atoms with E-state index in [-0.39, 0.29) is 18.2 Å². The van der Waals surface area contributed by atoms with E-state index in [2.05, 4.69) is 15.6 Å². The van der Waals surface area contributed by atoms with Crippen LogP contribution in [0.5, 0.6) is 0 Å². The molecule has 0 unspecified atom stereocenters. The second-order valence-corrected chi connectivity index (χ2v) is 3.96. The summed E-state index contributed by atoms with van der Waals surface area (Å²) in [6, 6.07) is 7.36. The number of carbonyl (C=O) groups is 2. The van der Waals surface area contributed by atoms with Crippen LogP contribution in [-0.4, -0.2) is 30.4 Å². The predicted octanol–water partition coefficient (Wildman–Crippen LogP) is 1.03. The zero-order valence-electron chi connectivity index (χ0n) is 10.1. The van der Waals surface area contributed by atoms with Crippen LogP contribution in [0.1, 0.15) is 16.8 Å². The summed E-state index contributed by atoms with van der Waals surface area (Å²) >= 11 is 0. The van der Waals surface area contributed by atoms with Crippen molar-refractivity contribution in [1.82, 2.24) is 15.6 Å². The van der Waals surface area contributed by atoms with Crippen LogP contribution in [0.25, 0.3) is 10.9 Å². The molecule has 2 aromatic rings. The number of amides is 2. The monoisotopic (exact) mass is 245 g/mol. The Morgan fingerprint density at radius 3 is 2.89 bits per heavy atom. The molecule has 0 fully saturated rings. The first kappa shape index (κ1) is 12.2. The van der Waals surface area contributed by atoms with Crippen molar-refractivity contribution < 1.29 is 9.59 Å². The molecule has 5 nitrogen and oxygen atoms in total. The molecule has 2 rings (SSSR count). The van der Waals surface area contributed by atoms with E-state index in [1.807, 2.05) is 24.4 Å². The molecule has 2 amide bonds. The first-order valence-electron chi connectivity index (χ1n) is 5.76. The second kappa shape index (κ2) is 5.35. The van der Waals surface area contributed by atoms with Gasteiger partial charge in [0, 0.05) is 42.7 Å². The van der Waals surface area contributed by atoms with E-state index in [0.717, 1.165) is 10.9 Å². The second-order valence-electron chi connectivity index (χ2n) is 3.96. The molecular formula is C13H15N3O2. The van der Waals surface area contributed by atoms with E-state index in [4.69, 9.17) is 0 Å². The van der Waals surface area contributed by atoms with E-state index in [1.54, 1.807) is 13.1 Å². The van der Waals surface area contributed by atoms with Crippen LogP contribution in [-0.2, 0) is 4.79 Å². The van der Waals surface area contributed by atoms with Crippen LogP contribution in [0.15, 0.2) is 30.5 Å². The molecule has 0 spiro atoms. The highest BCUT2D eigenvalue weighted by Crippen LogP contribution is 2.14. The van der Waals surface area contributed by atoms with Gasteiger partial charge in [-0.1, -0.05) is 0 Å². The molecule has 94 valence electrons. The summed E-state index contributed by atoms with van der Waals surface area (Å²) < 4.78 is 0. The Bertz CT molecular complexity index is 574.